The SMILES string of the molecule is O=C(N[C@@H]1CCC[C@](O)(C#Cc2cccc(Cl)c2)C1)c1ccc(Cl)cn1. The number of amides is 1. The van der Waals surface area contributed by atoms with Crippen molar-refractivity contribution in [3.63, 3.8) is 0 Å². The van der Waals surface area contributed by atoms with E-state index in [2.05, 4.69) is 22.1 Å². The highest BCUT2D eigenvalue weighted by atomic mass is 35.5. The number of aromatic nitrogens is 1. The molecule has 1 aromatic heterocycles. The highest BCUT2D eigenvalue weighted by Gasteiger charge is 2.33. The van der Waals surface area contributed by atoms with E-state index in [0.717, 1.165) is 18.4 Å². The first kappa shape index (κ1) is 18.7. The van der Waals surface area contributed by atoms with Crippen LogP contribution in [0.3, 0.4) is 0 Å². The minimum Gasteiger partial charge on any atom is -0.378 e. The zero-order chi connectivity index (χ0) is 18.6. The number of pyridine rings is 1. The van der Waals surface area contributed by atoms with Gasteiger partial charge in [0, 0.05) is 29.2 Å². The van der Waals surface area contributed by atoms with Gasteiger partial charge in [0.15, 0.2) is 0 Å². The van der Waals surface area contributed by atoms with Gasteiger partial charge in [0.25, 0.3) is 5.91 Å². The molecule has 134 valence electrons. The fraction of sp³-hybridized carbons (Fsp3) is 0.300. The van der Waals surface area contributed by atoms with Gasteiger partial charge >= 0.3 is 0 Å². The standard InChI is InChI=1S/C20H18Cl2N2O2/c21-15-4-1-3-14(11-15)8-10-20(26)9-2-5-17(12-20)24-19(25)18-7-6-16(22)13-23-18/h1,3-4,6-7,11,13,17,26H,2,5,9,12H2,(H,24,25)/t17-,20+/m1/s1. The van der Waals surface area contributed by atoms with Crippen molar-refractivity contribution >= 4 is 29.1 Å². The van der Waals surface area contributed by atoms with E-state index in [-0.39, 0.29) is 11.9 Å². The summed E-state index contributed by atoms with van der Waals surface area (Å²) in [7, 11) is 0. The van der Waals surface area contributed by atoms with E-state index in [1.165, 1.54) is 6.20 Å². The average Bonchev–Trinajstić information content (AvgIpc) is 2.61. The maximum absolute atomic E-state index is 12.3. The number of halogens is 2. The molecule has 6 heteroatoms. The Morgan fingerprint density at radius 1 is 1.27 bits per heavy atom. The van der Waals surface area contributed by atoms with Crippen LogP contribution in [-0.4, -0.2) is 27.6 Å². The molecular weight excluding hydrogens is 371 g/mol. The fourth-order valence-corrected chi connectivity index (χ4v) is 3.32. The zero-order valence-corrected chi connectivity index (χ0v) is 15.5. The zero-order valence-electron chi connectivity index (χ0n) is 14.0. The van der Waals surface area contributed by atoms with Crippen molar-refractivity contribution in [2.45, 2.75) is 37.3 Å². The molecule has 0 spiro atoms. The number of carbonyl (C=O) groups excluding carboxylic acids is 1. The van der Waals surface area contributed by atoms with E-state index >= 15 is 0 Å². The van der Waals surface area contributed by atoms with E-state index in [1.54, 1.807) is 24.3 Å². The molecule has 2 atom stereocenters. The molecule has 1 amide bonds. The van der Waals surface area contributed by atoms with Crippen LogP contribution in [0.1, 0.15) is 41.7 Å². The molecule has 2 N–H and O–H groups in total. The minimum atomic E-state index is -1.13. The lowest BCUT2D eigenvalue weighted by Gasteiger charge is -2.33. The molecule has 1 aliphatic rings. The van der Waals surface area contributed by atoms with Crippen molar-refractivity contribution in [1.29, 1.82) is 0 Å². The Hall–Kier alpha value is -2.06. The van der Waals surface area contributed by atoms with E-state index in [9.17, 15) is 9.90 Å². The molecule has 2 aromatic rings. The summed E-state index contributed by atoms with van der Waals surface area (Å²) in [5.74, 6) is 5.66. The first-order valence-corrected chi connectivity index (χ1v) is 9.13. The molecule has 1 aliphatic carbocycles. The van der Waals surface area contributed by atoms with Gasteiger partial charge in [-0.15, -0.1) is 0 Å². The molecule has 1 fully saturated rings. The number of nitrogens with zero attached hydrogens (tertiary/aromatic N) is 1. The molecule has 3 rings (SSSR count). The van der Waals surface area contributed by atoms with Gasteiger partial charge in [-0.25, -0.2) is 4.98 Å². The van der Waals surface area contributed by atoms with E-state index < -0.39 is 5.60 Å². The lowest BCUT2D eigenvalue weighted by atomic mass is 9.82. The Morgan fingerprint density at radius 2 is 2.12 bits per heavy atom. The van der Waals surface area contributed by atoms with Crippen LogP contribution in [0, 0.1) is 11.8 Å². The summed E-state index contributed by atoms with van der Waals surface area (Å²) in [5.41, 5.74) is -0.0812. The first-order valence-electron chi connectivity index (χ1n) is 8.37. The number of hydrogen-bond donors (Lipinski definition) is 2. The van der Waals surface area contributed by atoms with Gasteiger partial charge in [-0.1, -0.05) is 41.1 Å². The summed E-state index contributed by atoms with van der Waals surface area (Å²) < 4.78 is 0. The van der Waals surface area contributed by atoms with Gasteiger partial charge in [0.1, 0.15) is 11.3 Å². The third-order valence-electron chi connectivity index (χ3n) is 4.29. The maximum Gasteiger partial charge on any atom is 0.270 e. The number of nitrogens with one attached hydrogen (secondary N) is 1. The van der Waals surface area contributed by atoms with Gasteiger partial charge in [-0.2, -0.15) is 0 Å². The predicted molar refractivity (Wildman–Crippen MR) is 102 cm³/mol. The Labute approximate surface area is 162 Å². The Kier molecular flexibility index (Phi) is 5.83. The van der Waals surface area contributed by atoms with Gasteiger partial charge in [-0.05, 0) is 49.6 Å². The normalized spacial score (nSPS) is 22.2. The fourth-order valence-electron chi connectivity index (χ4n) is 3.01. The lowest BCUT2D eigenvalue weighted by Crippen LogP contribution is -2.45. The molecule has 0 saturated heterocycles. The van der Waals surface area contributed by atoms with Crippen molar-refractivity contribution in [1.82, 2.24) is 10.3 Å². The molecule has 0 aliphatic heterocycles. The second kappa shape index (κ2) is 8.09. The number of hydrogen-bond acceptors (Lipinski definition) is 3. The second-order valence-corrected chi connectivity index (χ2v) is 7.29. The smallest absolute Gasteiger partial charge is 0.270 e. The number of carbonyl (C=O) groups is 1. The molecule has 0 bridgehead atoms. The van der Waals surface area contributed by atoms with Gasteiger partial charge in [-0.3, -0.25) is 4.79 Å². The Balaban J connectivity index is 1.66. The van der Waals surface area contributed by atoms with E-state index in [0.29, 0.717) is 28.6 Å². The van der Waals surface area contributed by atoms with Crippen molar-refractivity contribution in [3.05, 3.63) is 63.9 Å². The van der Waals surface area contributed by atoms with Crippen LogP contribution in [0.15, 0.2) is 42.6 Å². The third kappa shape index (κ3) is 4.98. The molecule has 4 nitrogen and oxygen atoms in total. The average molecular weight is 389 g/mol. The summed E-state index contributed by atoms with van der Waals surface area (Å²) in [4.78, 5) is 16.3. The number of rotatable bonds is 2. The Morgan fingerprint density at radius 3 is 2.85 bits per heavy atom. The van der Waals surface area contributed by atoms with Crippen LogP contribution in [0.4, 0.5) is 0 Å². The first-order chi connectivity index (χ1) is 12.4. The monoisotopic (exact) mass is 388 g/mol. The van der Waals surface area contributed by atoms with Crippen LogP contribution in [0.2, 0.25) is 10.0 Å². The maximum atomic E-state index is 12.3. The predicted octanol–water partition coefficient (Wildman–Crippen LogP) is 3.84. The number of aliphatic hydroxyl groups is 1. The van der Waals surface area contributed by atoms with Crippen molar-refractivity contribution in [3.8, 4) is 11.8 Å². The highest BCUT2D eigenvalue weighted by Crippen LogP contribution is 2.28. The lowest BCUT2D eigenvalue weighted by molar-refractivity contribution is 0.0451. The van der Waals surface area contributed by atoms with Crippen LogP contribution in [0.5, 0.6) is 0 Å². The molecule has 1 saturated carbocycles. The third-order valence-corrected chi connectivity index (χ3v) is 4.75. The Bertz CT molecular complexity index is 858. The van der Waals surface area contributed by atoms with Crippen LogP contribution in [-0.2, 0) is 0 Å². The largest absolute Gasteiger partial charge is 0.378 e. The molecular formula is C20H18Cl2N2O2. The van der Waals surface area contributed by atoms with Crippen molar-refractivity contribution in [2.75, 3.05) is 0 Å². The minimum absolute atomic E-state index is 0.160. The molecule has 0 unspecified atom stereocenters. The summed E-state index contributed by atoms with van der Waals surface area (Å²) in [6.45, 7) is 0. The molecule has 1 heterocycles. The quantitative estimate of drug-likeness (QED) is 0.768. The van der Waals surface area contributed by atoms with Crippen molar-refractivity contribution in [2.24, 2.45) is 0 Å². The summed E-state index contributed by atoms with van der Waals surface area (Å²) in [6, 6.07) is 10.2. The van der Waals surface area contributed by atoms with E-state index in [1.807, 2.05) is 12.1 Å². The molecule has 0 radical (unpaired) electrons. The van der Waals surface area contributed by atoms with Crippen LogP contribution >= 0.6 is 23.2 Å². The summed E-state index contributed by atoms with van der Waals surface area (Å²) in [5, 5.41) is 14.8. The summed E-state index contributed by atoms with van der Waals surface area (Å²) >= 11 is 11.7. The van der Waals surface area contributed by atoms with Crippen LogP contribution < -0.4 is 5.32 Å². The highest BCUT2D eigenvalue weighted by molar-refractivity contribution is 6.30. The molecule has 26 heavy (non-hydrogen) atoms. The topological polar surface area (TPSA) is 62.2 Å². The molecule has 1 aromatic carbocycles. The van der Waals surface area contributed by atoms with Crippen molar-refractivity contribution < 1.29 is 9.90 Å². The summed E-state index contributed by atoms with van der Waals surface area (Å²) in [6.07, 6.45) is 3.95. The van der Waals surface area contributed by atoms with Gasteiger partial charge in [0.05, 0.1) is 5.02 Å². The number of benzene rings is 1. The second-order valence-electron chi connectivity index (χ2n) is 6.42. The van der Waals surface area contributed by atoms with Gasteiger partial charge in [0.2, 0.25) is 0 Å². The van der Waals surface area contributed by atoms with E-state index in [4.69, 9.17) is 23.2 Å². The van der Waals surface area contributed by atoms with Crippen LogP contribution in [0.25, 0.3) is 0 Å². The van der Waals surface area contributed by atoms with Gasteiger partial charge < -0.3 is 10.4 Å².